The van der Waals surface area contributed by atoms with Crippen molar-refractivity contribution in [2.24, 2.45) is 0 Å². The summed E-state index contributed by atoms with van der Waals surface area (Å²) in [6, 6.07) is 9.98. The van der Waals surface area contributed by atoms with Gasteiger partial charge in [0, 0.05) is 10.7 Å². The maximum absolute atomic E-state index is 12.5. The van der Waals surface area contributed by atoms with E-state index in [0.717, 1.165) is 17.7 Å². The zero-order chi connectivity index (χ0) is 15.9. The number of amides is 1. The number of hydrogen-bond acceptors (Lipinski definition) is 1. The van der Waals surface area contributed by atoms with Crippen molar-refractivity contribution in [3.05, 3.63) is 64.2 Å². The molecule has 1 aliphatic heterocycles. The summed E-state index contributed by atoms with van der Waals surface area (Å²) >= 11 is 5.95. The Morgan fingerprint density at radius 3 is 2.41 bits per heavy atom. The third kappa shape index (κ3) is 2.81. The number of halogens is 4. The molecule has 2 aromatic carbocycles. The van der Waals surface area contributed by atoms with E-state index in [1.54, 1.807) is 18.2 Å². The Balaban J connectivity index is 1.85. The molecule has 1 heterocycles. The first-order valence-electron chi connectivity index (χ1n) is 6.61. The number of nitrogens with one attached hydrogen (secondary N) is 1. The Hall–Kier alpha value is -2.01. The van der Waals surface area contributed by atoms with Crippen molar-refractivity contribution >= 4 is 23.2 Å². The second-order valence-corrected chi connectivity index (χ2v) is 5.61. The summed E-state index contributed by atoms with van der Waals surface area (Å²) in [5.74, 6) is -0.609. The van der Waals surface area contributed by atoms with Crippen LogP contribution in [-0.2, 0) is 17.4 Å². The summed E-state index contributed by atoms with van der Waals surface area (Å²) in [5.41, 5.74) is 1.44. The number of benzene rings is 2. The molecule has 1 aliphatic rings. The summed E-state index contributed by atoms with van der Waals surface area (Å²) in [6.45, 7) is 0. The molecule has 0 saturated heterocycles. The summed E-state index contributed by atoms with van der Waals surface area (Å²) in [6.07, 6.45) is -4.03. The molecule has 2 nitrogen and oxygen atoms in total. The standard InChI is InChI=1S/C16H11ClF3NO/c17-11-5-6-14-12(8-11)13(15(22)21-14)7-9-1-3-10(4-2-9)16(18,19)20/h1-6,8,13H,7H2,(H,21,22)/t13-/m1/s1. The van der Waals surface area contributed by atoms with Crippen molar-refractivity contribution < 1.29 is 18.0 Å². The second kappa shape index (κ2) is 5.32. The maximum Gasteiger partial charge on any atom is 0.416 e. The fourth-order valence-corrected chi connectivity index (χ4v) is 2.75. The summed E-state index contributed by atoms with van der Waals surface area (Å²) in [5, 5.41) is 3.27. The molecule has 3 rings (SSSR count). The van der Waals surface area contributed by atoms with Gasteiger partial charge in [-0.15, -0.1) is 0 Å². The van der Waals surface area contributed by atoms with E-state index in [2.05, 4.69) is 5.32 Å². The van der Waals surface area contributed by atoms with E-state index in [0.29, 0.717) is 22.7 Å². The SMILES string of the molecule is O=C1Nc2ccc(Cl)cc2[C@H]1Cc1ccc(C(F)(F)F)cc1. The van der Waals surface area contributed by atoms with E-state index >= 15 is 0 Å². The Labute approximate surface area is 129 Å². The van der Waals surface area contributed by atoms with E-state index in [-0.39, 0.29) is 5.91 Å². The number of hydrogen-bond donors (Lipinski definition) is 1. The highest BCUT2D eigenvalue weighted by atomic mass is 35.5. The van der Waals surface area contributed by atoms with Crippen molar-refractivity contribution in [3.8, 4) is 0 Å². The van der Waals surface area contributed by atoms with Gasteiger partial charge in [0.1, 0.15) is 0 Å². The van der Waals surface area contributed by atoms with Gasteiger partial charge in [-0.3, -0.25) is 4.79 Å². The third-order valence-electron chi connectivity index (χ3n) is 3.68. The molecule has 0 fully saturated rings. The van der Waals surface area contributed by atoms with Gasteiger partial charge >= 0.3 is 6.18 Å². The molecular weight excluding hydrogens is 315 g/mol. The minimum Gasteiger partial charge on any atom is -0.325 e. The molecule has 0 unspecified atom stereocenters. The molecule has 0 aliphatic carbocycles. The zero-order valence-corrected chi connectivity index (χ0v) is 12.0. The largest absolute Gasteiger partial charge is 0.416 e. The average Bonchev–Trinajstić information content (AvgIpc) is 2.75. The quantitative estimate of drug-likeness (QED) is 0.856. The van der Waals surface area contributed by atoms with E-state index in [1.807, 2.05) is 0 Å². The predicted octanol–water partition coefficient (Wildman–Crippen LogP) is 4.64. The lowest BCUT2D eigenvalue weighted by Crippen LogP contribution is -2.14. The van der Waals surface area contributed by atoms with Crippen LogP contribution >= 0.6 is 11.6 Å². The molecular formula is C16H11ClF3NO. The molecule has 1 N–H and O–H groups in total. The van der Waals surface area contributed by atoms with Gasteiger partial charge in [-0.1, -0.05) is 23.7 Å². The van der Waals surface area contributed by atoms with E-state index in [9.17, 15) is 18.0 Å². The van der Waals surface area contributed by atoms with Crippen molar-refractivity contribution in [3.63, 3.8) is 0 Å². The Morgan fingerprint density at radius 1 is 1.09 bits per heavy atom. The van der Waals surface area contributed by atoms with Gasteiger partial charge in [0.05, 0.1) is 11.5 Å². The molecule has 0 spiro atoms. The van der Waals surface area contributed by atoms with Gasteiger partial charge < -0.3 is 5.32 Å². The highest BCUT2D eigenvalue weighted by molar-refractivity contribution is 6.31. The van der Waals surface area contributed by atoms with Gasteiger partial charge in [0.2, 0.25) is 5.91 Å². The lowest BCUT2D eigenvalue weighted by Gasteiger charge is -2.11. The molecule has 22 heavy (non-hydrogen) atoms. The molecule has 1 amide bonds. The fraction of sp³-hybridized carbons (Fsp3) is 0.188. The topological polar surface area (TPSA) is 29.1 Å². The van der Waals surface area contributed by atoms with Crippen molar-refractivity contribution in [2.75, 3.05) is 5.32 Å². The van der Waals surface area contributed by atoms with Crippen LogP contribution < -0.4 is 5.32 Å². The molecule has 114 valence electrons. The van der Waals surface area contributed by atoms with E-state index < -0.39 is 17.7 Å². The molecule has 0 saturated carbocycles. The highest BCUT2D eigenvalue weighted by Gasteiger charge is 2.32. The number of fused-ring (bicyclic) bond motifs is 1. The Morgan fingerprint density at radius 2 is 1.77 bits per heavy atom. The van der Waals surface area contributed by atoms with Crippen molar-refractivity contribution in [2.45, 2.75) is 18.5 Å². The molecule has 2 aromatic rings. The van der Waals surface area contributed by atoms with Crippen LogP contribution in [0.2, 0.25) is 5.02 Å². The van der Waals surface area contributed by atoms with E-state index in [4.69, 9.17) is 11.6 Å². The van der Waals surface area contributed by atoms with Crippen LogP contribution in [-0.4, -0.2) is 5.91 Å². The van der Waals surface area contributed by atoms with Crippen LogP contribution in [0.1, 0.15) is 22.6 Å². The van der Waals surface area contributed by atoms with Gasteiger partial charge in [-0.25, -0.2) is 0 Å². The number of alkyl halides is 3. The summed E-state index contributed by atoms with van der Waals surface area (Å²) in [4.78, 5) is 12.0. The maximum atomic E-state index is 12.5. The fourth-order valence-electron chi connectivity index (χ4n) is 2.56. The minimum absolute atomic E-state index is 0.169. The predicted molar refractivity (Wildman–Crippen MR) is 78.0 cm³/mol. The summed E-state index contributed by atoms with van der Waals surface area (Å²) < 4.78 is 37.6. The number of carbonyl (C=O) groups is 1. The van der Waals surface area contributed by atoms with Gasteiger partial charge in [0.25, 0.3) is 0 Å². The van der Waals surface area contributed by atoms with Gasteiger partial charge in [0.15, 0.2) is 0 Å². The molecule has 6 heteroatoms. The average molecular weight is 326 g/mol. The smallest absolute Gasteiger partial charge is 0.325 e. The Bertz CT molecular complexity index is 725. The van der Waals surface area contributed by atoms with Gasteiger partial charge in [-0.2, -0.15) is 13.2 Å². The van der Waals surface area contributed by atoms with Crippen molar-refractivity contribution in [1.29, 1.82) is 0 Å². The molecule has 0 bridgehead atoms. The van der Waals surface area contributed by atoms with Crippen LogP contribution in [0.25, 0.3) is 0 Å². The number of carbonyl (C=O) groups excluding carboxylic acids is 1. The molecule has 1 atom stereocenters. The second-order valence-electron chi connectivity index (χ2n) is 5.17. The van der Waals surface area contributed by atoms with Gasteiger partial charge in [-0.05, 0) is 47.9 Å². The van der Waals surface area contributed by atoms with Crippen LogP contribution in [0.15, 0.2) is 42.5 Å². The summed E-state index contributed by atoms with van der Waals surface area (Å²) in [7, 11) is 0. The third-order valence-corrected chi connectivity index (χ3v) is 3.92. The van der Waals surface area contributed by atoms with Crippen LogP contribution in [0, 0.1) is 0 Å². The molecule has 0 aromatic heterocycles. The zero-order valence-electron chi connectivity index (χ0n) is 11.2. The first-order valence-corrected chi connectivity index (χ1v) is 6.99. The number of rotatable bonds is 2. The lowest BCUT2D eigenvalue weighted by atomic mass is 9.93. The highest BCUT2D eigenvalue weighted by Crippen LogP contribution is 2.37. The minimum atomic E-state index is -4.36. The van der Waals surface area contributed by atoms with Crippen molar-refractivity contribution in [1.82, 2.24) is 0 Å². The van der Waals surface area contributed by atoms with Crippen LogP contribution in [0.3, 0.4) is 0 Å². The molecule has 0 radical (unpaired) electrons. The lowest BCUT2D eigenvalue weighted by molar-refractivity contribution is -0.137. The van der Waals surface area contributed by atoms with Crippen LogP contribution in [0.5, 0.6) is 0 Å². The first kappa shape index (κ1) is 14.9. The first-order chi connectivity index (χ1) is 10.3. The normalized spacial score (nSPS) is 17.3. The van der Waals surface area contributed by atoms with E-state index in [1.165, 1.54) is 12.1 Å². The Kier molecular flexibility index (Phi) is 3.60. The number of anilines is 1. The van der Waals surface area contributed by atoms with Crippen LogP contribution in [0.4, 0.5) is 18.9 Å². The monoisotopic (exact) mass is 325 g/mol.